The number of hydrogen-bond acceptors (Lipinski definition) is 6. The molecule has 0 atom stereocenters. The van der Waals surface area contributed by atoms with Gasteiger partial charge >= 0.3 is 0 Å². The highest BCUT2D eigenvalue weighted by molar-refractivity contribution is 5.47. The largest absolute Gasteiger partial charge is 0.384 e. The zero-order valence-corrected chi connectivity index (χ0v) is 12.2. The number of nitrogens with two attached hydrogens (primary N) is 1. The second kappa shape index (κ2) is 5.30. The summed E-state index contributed by atoms with van der Waals surface area (Å²) < 4.78 is 5.08. The minimum atomic E-state index is 0.124. The molecular weight excluding hydrogens is 242 g/mol. The van der Waals surface area contributed by atoms with Gasteiger partial charge in [0.05, 0.1) is 0 Å². The first-order valence-electron chi connectivity index (χ1n) is 6.51. The van der Waals surface area contributed by atoms with Crippen LogP contribution in [0, 0.1) is 0 Å². The predicted molar refractivity (Wildman–Crippen MR) is 76.1 cm³/mol. The van der Waals surface area contributed by atoms with Gasteiger partial charge in [-0.05, 0) is 20.9 Å². The van der Waals surface area contributed by atoms with Gasteiger partial charge in [-0.1, -0.05) is 0 Å². The lowest BCUT2D eigenvalue weighted by atomic mass is 10.00. The number of likely N-dealkylation sites (N-methyl/N-ethyl adjacent to an activating group) is 1. The number of anilines is 2. The summed E-state index contributed by atoms with van der Waals surface area (Å²) in [7, 11) is 3.78. The predicted octanol–water partition coefficient (Wildman–Crippen LogP) is 0.736. The Balaban J connectivity index is 2.22. The van der Waals surface area contributed by atoms with Crippen molar-refractivity contribution in [1.29, 1.82) is 0 Å². The molecule has 1 aromatic heterocycles. The number of hydrogen-bond donors (Lipinski definition) is 1. The fourth-order valence-electron chi connectivity index (χ4n) is 2.29. The van der Waals surface area contributed by atoms with Gasteiger partial charge in [0.2, 0.25) is 0 Å². The van der Waals surface area contributed by atoms with E-state index in [1.807, 2.05) is 6.07 Å². The average molecular weight is 265 g/mol. The van der Waals surface area contributed by atoms with E-state index in [1.54, 1.807) is 7.11 Å². The van der Waals surface area contributed by atoms with E-state index in [-0.39, 0.29) is 5.54 Å². The third kappa shape index (κ3) is 3.13. The van der Waals surface area contributed by atoms with E-state index in [0.717, 1.165) is 25.5 Å². The number of methoxy groups -OCH3 is 1. The van der Waals surface area contributed by atoms with Crippen LogP contribution in [-0.4, -0.2) is 54.2 Å². The van der Waals surface area contributed by atoms with Crippen LogP contribution in [0.25, 0.3) is 0 Å². The van der Waals surface area contributed by atoms with E-state index in [0.29, 0.717) is 18.2 Å². The highest BCUT2D eigenvalue weighted by Gasteiger charge is 2.31. The Kier molecular flexibility index (Phi) is 3.91. The molecule has 2 rings (SSSR count). The summed E-state index contributed by atoms with van der Waals surface area (Å²) >= 11 is 0. The molecule has 0 amide bonds. The second-order valence-electron chi connectivity index (χ2n) is 5.66. The molecule has 6 nitrogen and oxygen atoms in total. The molecule has 0 spiro atoms. The first-order valence-corrected chi connectivity index (χ1v) is 6.51. The second-order valence-corrected chi connectivity index (χ2v) is 5.66. The minimum Gasteiger partial charge on any atom is -0.384 e. The van der Waals surface area contributed by atoms with Crippen LogP contribution < -0.4 is 10.6 Å². The minimum absolute atomic E-state index is 0.124. The SMILES string of the molecule is COCc1nc(N)cc(N2CCN(C)C(C)(C)C2)n1. The van der Waals surface area contributed by atoms with E-state index < -0.39 is 0 Å². The zero-order valence-electron chi connectivity index (χ0n) is 12.2. The van der Waals surface area contributed by atoms with Crippen molar-refractivity contribution >= 4 is 11.6 Å². The molecule has 1 aliphatic rings. The summed E-state index contributed by atoms with van der Waals surface area (Å²) in [5.41, 5.74) is 5.97. The number of piperazine rings is 1. The number of ether oxygens (including phenoxy) is 1. The van der Waals surface area contributed by atoms with Crippen molar-refractivity contribution in [3.63, 3.8) is 0 Å². The normalized spacial score (nSPS) is 19.7. The smallest absolute Gasteiger partial charge is 0.158 e. The topological polar surface area (TPSA) is 67.5 Å². The first-order chi connectivity index (χ1) is 8.92. The fraction of sp³-hybridized carbons (Fsp3) is 0.692. The molecule has 19 heavy (non-hydrogen) atoms. The summed E-state index contributed by atoms with van der Waals surface area (Å²) in [6.45, 7) is 7.74. The monoisotopic (exact) mass is 265 g/mol. The van der Waals surface area contributed by atoms with Gasteiger partial charge in [-0.15, -0.1) is 0 Å². The van der Waals surface area contributed by atoms with Gasteiger partial charge < -0.3 is 15.4 Å². The maximum absolute atomic E-state index is 5.85. The molecule has 1 saturated heterocycles. The van der Waals surface area contributed by atoms with Gasteiger partial charge in [0.1, 0.15) is 18.2 Å². The molecule has 106 valence electrons. The third-order valence-corrected chi connectivity index (χ3v) is 3.69. The molecule has 2 heterocycles. The Morgan fingerprint density at radius 3 is 2.74 bits per heavy atom. The molecule has 1 aliphatic heterocycles. The van der Waals surface area contributed by atoms with E-state index in [4.69, 9.17) is 10.5 Å². The Hall–Kier alpha value is -1.40. The van der Waals surface area contributed by atoms with Crippen LogP contribution in [0.1, 0.15) is 19.7 Å². The van der Waals surface area contributed by atoms with E-state index in [1.165, 1.54) is 0 Å². The Morgan fingerprint density at radius 1 is 1.37 bits per heavy atom. The highest BCUT2D eigenvalue weighted by atomic mass is 16.5. The quantitative estimate of drug-likeness (QED) is 0.869. The number of nitrogens with zero attached hydrogens (tertiary/aromatic N) is 4. The van der Waals surface area contributed by atoms with Crippen molar-refractivity contribution < 1.29 is 4.74 Å². The lowest BCUT2D eigenvalue weighted by Crippen LogP contribution is -2.57. The summed E-state index contributed by atoms with van der Waals surface area (Å²) in [6.07, 6.45) is 0. The lowest BCUT2D eigenvalue weighted by Gasteiger charge is -2.45. The molecule has 0 radical (unpaired) electrons. The Morgan fingerprint density at radius 2 is 2.11 bits per heavy atom. The average Bonchev–Trinajstić information content (AvgIpc) is 2.32. The molecule has 0 unspecified atom stereocenters. The van der Waals surface area contributed by atoms with Crippen molar-refractivity contribution in [2.75, 3.05) is 44.4 Å². The van der Waals surface area contributed by atoms with Crippen molar-refractivity contribution in [2.24, 2.45) is 0 Å². The molecule has 6 heteroatoms. The first kappa shape index (κ1) is 14.0. The van der Waals surface area contributed by atoms with Crippen molar-refractivity contribution in [2.45, 2.75) is 26.0 Å². The molecule has 0 saturated carbocycles. The van der Waals surface area contributed by atoms with Crippen LogP contribution >= 0.6 is 0 Å². The van der Waals surface area contributed by atoms with Crippen molar-refractivity contribution in [3.05, 3.63) is 11.9 Å². The van der Waals surface area contributed by atoms with Crippen molar-refractivity contribution in [1.82, 2.24) is 14.9 Å². The molecule has 2 N–H and O–H groups in total. The summed E-state index contributed by atoms with van der Waals surface area (Å²) in [5, 5.41) is 0. The molecule has 0 bridgehead atoms. The zero-order chi connectivity index (χ0) is 14.0. The molecule has 0 aliphatic carbocycles. The molecule has 1 aromatic rings. The van der Waals surface area contributed by atoms with Gasteiger partial charge in [0.25, 0.3) is 0 Å². The number of rotatable bonds is 3. The van der Waals surface area contributed by atoms with E-state index >= 15 is 0 Å². The van der Waals surface area contributed by atoms with Crippen molar-refractivity contribution in [3.8, 4) is 0 Å². The number of nitrogen functional groups attached to an aromatic ring is 1. The Bertz CT molecular complexity index is 449. The molecule has 1 fully saturated rings. The summed E-state index contributed by atoms with van der Waals surface area (Å²) in [4.78, 5) is 13.3. The van der Waals surface area contributed by atoms with Crippen LogP contribution in [-0.2, 0) is 11.3 Å². The maximum atomic E-state index is 5.85. The van der Waals surface area contributed by atoms with Crippen LogP contribution in [0.5, 0.6) is 0 Å². The number of aromatic nitrogens is 2. The van der Waals surface area contributed by atoms with E-state index in [2.05, 4.69) is 40.7 Å². The molecule has 0 aromatic carbocycles. The van der Waals surface area contributed by atoms with Crippen LogP contribution in [0.4, 0.5) is 11.6 Å². The van der Waals surface area contributed by atoms with Crippen LogP contribution in [0.2, 0.25) is 0 Å². The highest BCUT2D eigenvalue weighted by Crippen LogP contribution is 2.24. The lowest BCUT2D eigenvalue weighted by molar-refractivity contribution is 0.138. The van der Waals surface area contributed by atoms with E-state index in [9.17, 15) is 0 Å². The van der Waals surface area contributed by atoms with Gasteiger partial charge in [-0.25, -0.2) is 9.97 Å². The van der Waals surface area contributed by atoms with Gasteiger partial charge in [-0.2, -0.15) is 0 Å². The summed E-state index contributed by atoms with van der Waals surface area (Å²) in [5.74, 6) is 2.02. The van der Waals surface area contributed by atoms with Crippen LogP contribution in [0.3, 0.4) is 0 Å². The van der Waals surface area contributed by atoms with Gasteiger partial charge in [0.15, 0.2) is 5.82 Å². The maximum Gasteiger partial charge on any atom is 0.158 e. The van der Waals surface area contributed by atoms with Crippen LogP contribution in [0.15, 0.2) is 6.07 Å². The van der Waals surface area contributed by atoms with Gasteiger partial charge in [0, 0.05) is 38.3 Å². The fourth-order valence-corrected chi connectivity index (χ4v) is 2.29. The van der Waals surface area contributed by atoms with Gasteiger partial charge in [-0.3, -0.25) is 4.90 Å². The summed E-state index contributed by atoms with van der Waals surface area (Å²) in [6, 6.07) is 1.83. The third-order valence-electron chi connectivity index (χ3n) is 3.69. The standard InChI is InChI=1S/C13H23N5O/c1-13(2)9-18(6-5-17(13)3)12-7-10(14)15-11(16-12)8-19-4/h7H,5-6,8-9H2,1-4H3,(H2,14,15,16). The molecular formula is C13H23N5O. The Labute approximate surface area is 114 Å².